The summed E-state index contributed by atoms with van der Waals surface area (Å²) in [5.74, 6) is 0. The normalized spacial score (nSPS) is 11.0. The second-order valence-electron chi connectivity index (χ2n) is 1.49. The van der Waals surface area contributed by atoms with Crippen molar-refractivity contribution in [2.45, 2.75) is 0 Å². The molecule has 0 heterocycles. The summed E-state index contributed by atoms with van der Waals surface area (Å²) in [5, 5.41) is 37.4. The van der Waals surface area contributed by atoms with Crippen LogP contribution in [0.3, 0.4) is 0 Å². The van der Waals surface area contributed by atoms with E-state index in [1.807, 2.05) is 0 Å². The number of nitro groups is 3. The molecule has 0 rings (SSSR count). The second kappa shape index (κ2) is 7.64. The van der Waals surface area contributed by atoms with Gasteiger partial charge < -0.3 is 12.3 Å². The summed E-state index contributed by atoms with van der Waals surface area (Å²) in [6.07, 6.45) is 0. The number of hydrogen-bond acceptors (Lipinski definition) is 12. The minimum absolute atomic E-state index is 0. The summed E-state index contributed by atoms with van der Waals surface area (Å²) in [6.45, 7) is 0. The van der Waals surface area contributed by atoms with E-state index in [-0.39, 0.29) is 63.7 Å². The predicted molar refractivity (Wildman–Crippen MR) is 46.9 cm³/mol. The van der Waals surface area contributed by atoms with Crippen molar-refractivity contribution >= 4 is 51.4 Å². The van der Waals surface area contributed by atoms with Gasteiger partial charge in [-0.2, -0.15) is 0 Å². The summed E-state index contributed by atoms with van der Waals surface area (Å²) >= 11 is -7.84. The van der Waals surface area contributed by atoms with Crippen LogP contribution in [-0.4, -0.2) is 68.4 Å². The molecule has 0 radical (unpaired) electrons. The van der Waals surface area contributed by atoms with E-state index < -0.39 is 29.5 Å². The summed E-state index contributed by atoms with van der Waals surface area (Å²) in [5.41, 5.74) is 0. The quantitative estimate of drug-likeness (QED) is 0.322. The first-order valence-corrected chi connectivity index (χ1v) is 4.61. The van der Waals surface area contributed by atoms with E-state index in [1.54, 1.807) is 0 Å². The second-order valence-corrected chi connectivity index (χ2v) is 4.76. The van der Waals surface area contributed by atoms with E-state index >= 15 is 0 Å². The van der Waals surface area contributed by atoms with Crippen molar-refractivity contribution in [2.75, 3.05) is 0 Å². The maximum absolute atomic E-state index is 11.0. The van der Waals surface area contributed by atoms with Crippen LogP contribution in [0.4, 0.5) is 0 Å². The van der Waals surface area contributed by atoms with Crippen LogP contribution in [0.5, 0.6) is 0 Å². The van der Waals surface area contributed by atoms with Gasteiger partial charge in [0.15, 0.2) is 0 Å². The molecule has 0 amide bonds. The van der Waals surface area contributed by atoms with Crippen molar-refractivity contribution in [3.8, 4) is 0 Å². The van der Waals surface area contributed by atoms with Crippen molar-refractivity contribution in [3.63, 3.8) is 0 Å². The molecule has 18 heavy (non-hydrogen) atoms. The van der Waals surface area contributed by atoms with Crippen LogP contribution in [0.2, 0.25) is 0 Å². The number of nitrogens with zero attached hydrogens (tertiary/aromatic N) is 4. The molecule has 0 aliphatic carbocycles. The van der Waals surface area contributed by atoms with Gasteiger partial charge in [0.05, 0.1) is 0 Å². The summed E-state index contributed by atoms with van der Waals surface area (Å²) in [7, 11) is 0. The van der Waals surface area contributed by atoms with Crippen LogP contribution in [0.1, 0.15) is 0 Å². The van der Waals surface area contributed by atoms with Gasteiger partial charge in [0, 0.05) is 0 Å². The van der Waals surface area contributed by atoms with Gasteiger partial charge in [-0.15, -0.1) is 0 Å². The van der Waals surface area contributed by atoms with Gasteiger partial charge in [-0.3, -0.25) is 0 Å². The molecule has 107 valence electrons. The van der Waals surface area contributed by atoms with Crippen molar-refractivity contribution in [1.82, 2.24) is 12.3 Å². The van der Waals surface area contributed by atoms with E-state index in [1.165, 1.54) is 0 Å². The van der Waals surface area contributed by atoms with Gasteiger partial charge >= 0.3 is 129 Å². The molecule has 6 N–H and O–H groups in total. The Labute approximate surface area is 140 Å². The van der Waals surface area contributed by atoms with Crippen molar-refractivity contribution in [2.24, 2.45) is 0 Å². The fraction of sp³-hybridized carbons (Fsp3) is 0. The predicted octanol–water partition coefficient (Wildman–Crippen LogP) is -1.60. The SMILES string of the molecule is N.N.O=[N+]([O-])[O][Co](=[O])([N+](=O)[O-])([N+](=O)[O-])[N+](=O)[O-].[KH]. The molecule has 0 unspecified atom stereocenters. The van der Waals surface area contributed by atoms with Gasteiger partial charge in [0.2, 0.25) is 0 Å². The molecule has 0 aromatic carbocycles. The average molecular weight is 349 g/mol. The molecule has 0 aliphatic rings. The van der Waals surface area contributed by atoms with Crippen LogP contribution in [-0.2, 0) is 20.3 Å². The Morgan fingerprint density at radius 1 is 0.778 bits per heavy atom. The topological polar surface area (TPSA) is 269 Å². The number of rotatable bonds is 5. The molecule has 0 saturated carbocycles. The third-order valence-corrected chi connectivity index (χ3v) is 3.22. The molecule has 0 fully saturated rings. The molecule has 0 aromatic rings. The molecular weight excluding hydrogens is 342 g/mol. The van der Waals surface area contributed by atoms with Crippen LogP contribution in [0, 0.1) is 40.5 Å². The third-order valence-electron chi connectivity index (χ3n) is 0.781. The molecule has 16 nitrogen and oxygen atoms in total. The fourth-order valence-corrected chi connectivity index (χ4v) is 1.18. The van der Waals surface area contributed by atoms with Gasteiger partial charge in [-0.25, -0.2) is 0 Å². The molecule has 0 bridgehead atoms. The summed E-state index contributed by atoms with van der Waals surface area (Å²) in [4.78, 5) is 39.6. The molecule has 18 heteroatoms. The minimum atomic E-state index is -7.84. The van der Waals surface area contributed by atoms with Gasteiger partial charge in [-0.1, -0.05) is 0 Å². The van der Waals surface area contributed by atoms with E-state index in [9.17, 15) is 44.3 Å². The monoisotopic (exact) mass is 349 g/mol. The Kier molecular flexibility index (Phi) is 11.0. The Morgan fingerprint density at radius 2 is 1.00 bits per heavy atom. The van der Waals surface area contributed by atoms with E-state index in [2.05, 4.69) is 3.95 Å². The fourth-order valence-electron chi connectivity index (χ4n) is 0.287. The maximum atomic E-state index is 11.0. The zero-order valence-corrected chi connectivity index (χ0v) is 8.66. The Hall–Kier alpha value is -0.737. The van der Waals surface area contributed by atoms with Crippen molar-refractivity contribution in [3.05, 3.63) is 40.5 Å². The number of hydrogen-bond donors (Lipinski definition) is 2. The molecule has 0 saturated heterocycles. The molecule has 0 atom stereocenters. The van der Waals surface area contributed by atoms with E-state index in [0.717, 1.165) is 0 Å². The van der Waals surface area contributed by atoms with Gasteiger partial charge in [0.25, 0.3) is 0 Å². The zero-order chi connectivity index (χ0) is 12.5. The first-order chi connectivity index (χ1) is 6.57. The van der Waals surface area contributed by atoms with Crippen LogP contribution >= 0.6 is 0 Å². The Morgan fingerprint density at radius 3 is 1.06 bits per heavy atom. The van der Waals surface area contributed by atoms with Crippen LogP contribution < -0.4 is 12.3 Å². The van der Waals surface area contributed by atoms with E-state index in [0.29, 0.717) is 0 Å². The first kappa shape index (κ1) is 26.0. The van der Waals surface area contributed by atoms with Crippen LogP contribution in [0.25, 0.3) is 0 Å². The first-order valence-electron chi connectivity index (χ1n) is 2.36. The summed E-state index contributed by atoms with van der Waals surface area (Å²) in [6, 6.07) is 0. The molecule has 0 spiro atoms. The molecular formula is H7CoKN6O10. The molecule has 0 aromatic heterocycles. The Balaban J connectivity index is -0.000000327. The van der Waals surface area contributed by atoms with Crippen molar-refractivity contribution in [1.29, 1.82) is 0 Å². The van der Waals surface area contributed by atoms with Crippen LogP contribution in [0.15, 0.2) is 0 Å². The zero-order valence-electron chi connectivity index (χ0n) is 7.62. The molecule has 0 aliphatic heterocycles. The third kappa shape index (κ3) is 3.63. The van der Waals surface area contributed by atoms with Gasteiger partial charge in [-0.05, 0) is 0 Å². The van der Waals surface area contributed by atoms with E-state index in [4.69, 9.17) is 0 Å². The summed E-state index contributed by atoms with van der Waals surface area (Å²) < 4.78 is 5.96. The van der Waals surface area contributed by atoms with Crippen molar-refractivity contribution < 1.29 is 37.3 Å². The Bertz CT molecular complexity index is 381. The van der Waals surface area contributed by atoms with Gasteiger partial charge in [0.1, 0.15) is 0 Å². The average Bonchev–Trinajstić information content (AvgIpc) is 2.01. The standard InChI is InChI=1S/Co.K.NO3.3NO2.2H3N.O.H/c;;2-1(3)4;3*2-1-3;;;;/h;;;;;;2*1H3;;/q+1;;-1;;;;;;;.